The average molecular weight is 476 g/mol. The van der Waals surface area contributed by atoms with Crippen molar-refractivity contribution in [3.05, 3.63) is 16.7 Å². The molecule has 15 nitrogen and oxygen atoms in total. The van der Waals surface area contributed by atoms with Gasteiger partial charge in [0.2, 0.25) is 11.9 Å². The molecule has 0 aliphatic carbocycles. The van der Waals surface area contributed by atoms with E-state index in [4.69, 9.17) is 14.5 Å². The smallest absolute Gasteiger partial charge is 0.387 e. The van der Waals surface area contributed by atoms with E-state index < -0.39 is 50.6 Å². The number of carbonyl (C=O) groups excluding carboxylic acids is 1. The number of amides is 1. The first-order chi connectivity index (χ1) is 14.9. The SMILES string of the molecule is CC(C)NC(=O)[C@H](C)Nc1nc2c(ncn2[C@@H]2O[C@H](COP(=O)(O)O)[C@@H](O)[C@H]2O)c(=O)[nH]1. The zero-order chi connectivity index (χ0) is 23.8. The van der Waals surface area contributed by atoms with Gasteiger partial charge in [0.1, 0.15) is 24.4 Å². The van der Waals surface area contributed by atoms with E-state index in [1.807, 2.05) is 0 Å². The maximum absolute atomic E-state index is 12.4. The maximum atomic E-state index is 12.4. The van der Waals surface area contributed by atoms with Crippen LogP contribution in [-0.4, -0.2) is 82.4 Å². The molecule has 1 aliphatic heterocycles. The van der Waals surface area contributed by atoms with Crippen LogP contribution in [-0.2, 0) is 18.6 Å². The molecule has 0 radical (unpaired) electrons. The zero-order valence-electron chi connectivity index (χ0n) is 17.4. The van der Waals surface area contributed by atoms with Gasteiger partial charge in [0.15, 0.2) is 17.4 Å². The lowest BCUT2D eigenvalue weighted by Crippen LogP contribution is -2.41. The first kappa shape index (κ1) is 24.3. The highest BCUT2D eigenvalue weighted by molar-refractivity contribution is 7.46. The molecule has 5 atom stereocenters. The van der Waals surface area contributed by atoms with Crippen molar-refractivity contribution in [3.63, 3.8) is 0 Å². The number of phosphoric acid groups is 1. The number of hydrogen-bond donors (Lipinski definition) is 7. The number of carbonyl (C=O) groups is 1. The number of anilines is 1. The number of rotatable bonds is 8. The molecule has 0 saturated carbocycles. The first-order valence-electron chi connectivity index (χ1n) is 9.63. The molecule has 1 amide bonds. The first-order valence-corrected chi connectivity index (χ1v) is 11.2. The fourth-order valence-electron chi connectivity index (χ4n) is 3.13. The lowest BCUT2D eigenvalue weighted by Gasteiger charge is -2.18. The number of aromatic amines is 1. The van der Waals surface area contributed by atoms with Crippen molar-refractivity contribution in [3.8, 4) is 0 Å². The summed E-state index contributed by atoms with van der Waals surface area (Å²) in [6, 6.07) is -0.823. The molecule has 1 saturated heterocycles. The van der Waals surface area contributed by atoms with Crippen molar-refractivity contribution >= 4 is 30.8 Å². The molecule has 178 valence electrons. The van der Waals surface area contributed by atoms with Crippen molar-refractivity contribution in [2.75, 3.05) is 11.9 Å². The number of H-pyrrole nitrogens is 1. The minimum atomic E-state index is -4.82. The summed E-state index contributed by atoms with van der Waals surface area (Å²) in [4.78, 5) is 52.8. The summed E-state index contributed by atoms with van der Waals surface area (Å²) in [6.45, 7) is 4.49. The van der Waals surface area contributed by atoms with Gasteiger partial charge in [0, 0.05) is 6.04 Å². The number of nitrogens with one attached hydrogen (secondary N) is 3. The predicted molar refractivity (Wildman–Crippen MR) is 108 cm³/mol. The maximum Gasteiger partial charge on any atom is 0.469 e. The molecular weight excluding hydrogens is 451 g/mol. The molecule has 7 N–H and O–H groups in total. The van der Waals surface area contributed by atoms with Gasteiger partial charge in [-0.3, -0.25) is 23.7 Å². The van der Waals surface area contributed by atoms with Gasteiger partial charge >= 0.3 is 7.82 Å². The van der Waals surface area contributed by atoms with Gasteiger partial charge < -0.3 is 35.4 Å². The summed E-state index contributed by atoms with van der Waals surface area (Å²) < 4.78 is 21.9. The van der Waals surface area contributed by atoms with Crippen molar-refractivity contribution in [2.45, 2.75) is 57.4 Å². The normalized spacial score (nSPS) is 24.8. The largest absolute Gasteiger partial charge is 0.469 e. The second-order valence-electron chi connectivity index (χ2n) is 7.60. The molecule has 0 unspecified atom stereocenters. The lowest BCUT2D eigenvalue weighted by molar-refractivity contribution is -0.122. The highest BCUT2D eigenvalue weighted by Gasteiger charge is 2.45. The summed E-state index contributed by atoms with van der Waals surface area (Å²) in [6.07, 6.45) is -4.45. The van der Waals surface area contributed by atoms with Crippen LogP contribution < -0.4 is 16.2 Å². The van der Waals surface area contributed by atoms with Crippen molar-refractivity contribution in [2.24, 2.45) is 0 Å². The van der Waals surface area contributed by atoms with Gasteiger partial charge in [0.25, 0.3) is 5.56 Å². The van der Waals surface area contributed by atoms with Crippen LogP contribution in [0.5, 0.6) is 0 Å². The summed E-state index contributed by atoms with van der Waals surface area (Å²) in [7, 11) is -4.82. The summed E-state index contributed by atoms with van der Waals surface area (Å²) >= 11 is 0. The number of aliphatic hydroxyl groups excluding tert-OH is 2. The van der Waals surface area contributed by atoms with E-state index in [1.165, 1.54) is 10.9 Å². The predicted octanol–water partition coefficient (Wildman–Crippen LogP) is -1.83. The van der Waals surface area contributed by atoms with E-state index in [0.29, 0.717) is 0 Å². The van der Waals surface area contributed by atoms with Gasteiger partial charge in [0.05, 0.1) is 12.9 Å². The molecule has 1 fully saturated rings. The molecular formula is C16H25N6O9P. The number of aliphatic hydroxyl groups is 2. The Kier molecular flexibility index (Phi) is 7.00. The van der Waals surface area contributed by atoms with Crippen LogP contribution in [0.2, 0.25) is 0 Å². The van der Waals surface area contributed by atoms with Gasteiger partial charge in [-0.1, -0.05) is 0 Å². The standard InChI is InChI=1S/C16H25N6O9P/c1-6(2)18-13(25)7(3)19-16-20-12-9(14(26)21-16)17-5-22(12)15-11(24)10(23)8(31-15)4-30-32(27,28)29/h5-8,10-11,15,23-24H,4H2,1-3H3,(H,18,25)(H2,27,28,29)(H2,19,20,21,26)/t7-,8+,10+,11+,15+/m0/s1. The molecule has 1 aliphatic rings. The monoisotopic (exact) mass is 476 g/mol. The van der Waals surface area contributed by atoms with E-state index in [-0.39, 0.29) is 29.1 Å². The number of ether oxygens (including phenoxy) is 1. The third-order valence-electron chi connectivity index (χ3n) is 4.63. The van der Waals surface area contributed by atoms with Gasteiger partial charge in [-0.05, 0) is 20.8 Å². The average Bonchev–Trinajstić information content (AvgIpc) is 3.21. The fourth-order valence-corrected chi connectivity index (χ4v) is 3.47. The second-order valence-corrected chi connectivity index (χ2v) is 8.84. The molecule has 2 aromatic rings. The van der Waals surface area contributed by atoms with E-state index in [1.54, 1.807) is 20.8 Å². The Balaban J connectivity index is 1.86. The van der Waals surface area contributed by atoms with Crippen LogP contribution in [0.15, 0.2) is 11.1 Å². The van der Waals surface area contributed by atoms with E-state index >= 15 is 0 Å². The van der Waals surface area contributed by atoms with Crippen molar-refractivity contribution in [1.29, 1.82) is 0 Å². The number of phosphoric ester groups is 1. The quantitative estimate of drug-likeness (QED) is 0.209. The fraction of sp³-hybridized carbons (Fsp3) is 0.625. The van der Waals surface area contributed by atoms with Gasteiger partial charge in [-0.15, -0.1) is 0 Å². The van der Waals surface area contributed by atoms with Crippen LogP contribution >= 0.6 is 7.82 Å². The molecule has 2 aromatic heterocycles. The third-order valence-corrected chi connectivity index (χ3v) is 5.11. The molecule has 16 heteroatoms. The zero-order valence-corrected chi connectivity index (χ0v) is 18.3. The Labute approximate surface area is 181 Å². The minimum absolute atomic E-state index is 0.0134. The molecule has 0 aromatic carbocycles. The van der Waals surface area contributed by atoms with Crippen LogP contribution in [0.1, 0.15) is 27.0 Å². The number of nitrogens with zero attached hydrogens (tertiary/aromatic N) is 3. The minimum Gasteiger partial charge on any atom is -0.387 e. The molecule has 3 rings (SSSR count). The summed E-state index contributed by atoms with van der Waals surface area (Å²) in [5.74, 6) is -0.355. The van der Waals surface area contributed by atoms with Crippen LogP contribution in [0, 0.1) is 0 Å². The number of aromatic nitrogens is 4. The highest BCUT2D eigenvalue weighted by Crippen LogP contribution is 2.38. The Morgan fingerprint density at radius 2 is 2.03 bits per heavy atom. The summed E-state index contributed by atoms with van der Waals surface area (Å²) in [5.41, 5.74) is -0.724. The van der Waals surface area contributed by atoms with Crippen LogP contribution in [0.25, 0.3) is 11.2 Å². The highest BCUT2D eigenvalue weighted by atomic mass is 31.2. The Hall–Kier alpha value is -2.39. The van der Waals surface area contributed by atoms with Crippen molar-refractivity contribution in [1.82, 2.24) is 24.8 Å². The number of fused-ring (bicyclic) bond motifs is 1. The van der Waals surface area contributed by atoms with Crippen LogP contribution in [0.3, 0.4) is 0 Å². The molecule has 32 heavy (non-hydrogen) atoms. The summed E-state index contributed by atoms with van der Waals surface area (Å²) in [5, 5.41) is 26.0. The molecule has 0 spiro atoms. The van der Waals surface area contributed by atoms with E-state index in [0.717, 1.165) is 0 Å². The molecule has 3 heterocycles. The molecule has 0 bridgehead atoms. The Morgan fingerprint density at radius 1 is 1.34 bits per heavy atom. The second kappa shape index (κ2) is 9.23. The van der Waals surface area contributed by atoms with E-state index in [9.17, 15) is 24.4 Å². The van der Waals surface area contributed by atoms with Crippen molar-refractivity contribution < 1.29 is 38.6 Å². The topological polar surface area (TPSA) is 221 Å². The van der Waals surface area contributed by atoms with Gasteiger partial charge in [-0.2, -0.15) is 4.98 Å². The Morgan fingerprint density at radius 3 is 2.66 bits per heavy atom. The number of hydrogen-bond acceptors (Lipinski definition) is 10. The van der Waals surface area contributed by atoms with Gasteiger partial charge in [-0.25, -0.2) is 9.55 Å². The Bertz CT molecular complexity index is 1080. The lowest BCUT2D eigenvalue weighted by atomic mass is 10.1. The van der Waals surface area contributed by atoms with Crippen LogP contribution in [0.4, 0.5) is 5.95 Å². The third kappa shape index (κ3) is 5.32. The van der Waals surface area contributed by atoms with E-state index in [2.05, 4.69) is 30.1 Å². The number of imidazole rings is 1.